The quantitative estimate of drug-likeness (QED) is 0.448. The Hall–Kier alpha value is -0.940. The van der Waals surface area contributed by atoms with Gasteiger partial charge in [-0.25, -0.2) is 9.98 Å². The van der Waals surface area contributed by atoms with Crippen molar-refractivity contribution in [3.05, 3.63) is 0 Å². The molecule has 0 aromatic rings. The molecule has 0 saturated heterocycles. The zero-order valence-electron chi connectivity index (χ0n) is 9.30. The van der Waals surface area contributed by atoms with E-state index in [4.69, 9.17) is 9.47 Å². The molecule has 5 nitrogen and oxygen atoms in total. The predicted octanol–water partition coefficient (Wildman–Crippen LogP) is 0.614. The lowest BCUT2D eigenvalue weighted by Crippen LogP contribution is -2.20. The molecule has 1 unspecified atom stereocenters. The molecule has 0 N–H and O–H groups in total. The number of nitrogens with zero attached hydrogens (tertiary/aromatic N) is 3. The van der Waals surface area contributed by atoms with Crippen LogP contribution in [-0.4, -0.2) is 58.2 Å². The van der Waals surface area contributed by atoms with Gasteiger partial charge in [-0.3, -0.25) is 0 Å². The normalized spacial score (nSPS) is 14.0. The maximum absolute atomic E-state index is 4.92. The molecule has 0 amide bonds. The molecule has 0 radical (unpaired) electrons. The summed E-state index contributed by atoms with van der Waals surface area (Å²) in [5.41, 5.74) is 0. The topological polar surface area (TPSA) is 46.4 Å². The summed E-state index contributed by atoms with van der Waals surface area (Å²) in [5, 5.41) is 0. The first-order chi connectivity index (χ1) is 6.70. The van der Waals surface area contributed by atoms with Crippen LogP contribution < -0.4 is 0 Å². The largest absolute Gasteiger partial charge is 0.383 e. The van der Waals surface area contributed by atoms with E-state index in [1.165, 1.54) is 6.34 Å². The van der Waals surface area contributed by atoms with Crippen LogP contribution in [-0.2, 0) is 9.47 Å². The van der Waals surface area contributed by atoms with Gasteiger partial charge >= 0.3 is 0 Å². The van der Waals surface area contributed by atoms with Crippen molar-refractivity contribution < 1.29 is 9.47 Å². The number of ether oxygens (including phenoxy) is 2. The first-order valence-electron chi connectivity index (χ1n) is 4.47. The van der Waals surface area contributed by atoms with E-state index in [-0.39, 0.29) is 6.23 Å². The van der Waals surface area contributed by atoms with Gasteiger partial charge in [0.15, 0.2) is 0 Å². The molecule has 14 heavy (non-hydrogen) atoms. The minimum atomic E-state index is -0.142. The highest BCUT2D eigenvalue weighted by Gasteiger charge is 1.90. The van der Waals surface area contributed by atoms with Gasteiger partial charge in [-0.05, 0) is 6.92 Å². The zero-order chi connectivity index (χ0) is 10.8. The van der Waals surface area contributed by atoms with Gasteiger partial charge in [0.25, 0.3) is 0 Å². The van der Waals surface area contributed by atoms with Crippen molar-refractivity contribution in [2.24, 2.45) is 9.98 Å². The van der Waals surface area contributed by atoms with E-state index in [1.807, 2.05) is 18.9 Å². The molecule has 0 heterocycles. The smallest absolute Gasteiger partial charge is 0.146 e. The van der Waals surface area contributed by atoms with Crippen molar-refractivity contribution in [3.63, 3.8) is 0 Å². The number of likely N-dealkylation sites (N-methyl/N-ethyl adjacent to an activating group) is 1. The molecule has 0 aliphatic carbocycles. The summed E-state index contributed by atoms with van der Waals surface area (Å²) >= 11 is 0. The number of hydrogen-bond donors (Lipinski definition) is 0. The van der Waals surface area contributed by atoms with Gasteiger partial charge < -0.3 is 14.4 Å². The number of hydrogen-bond acceptors (Lipinski definition) is 3. The highest BCUT2D eigenvalue weighted by molar-refractivity contribution is 5.70. The average molecular weight is 201 g/mol. The van der Waals surface area contributed by atoms with Gasteiger partial charge in [0.05, 0.1) is 12.9 Å². The molecule has 0 aromatic heterocycles. The predicted molar refractivity (Wildman–Crippen MR) is 58.0 cm³/mol. The van der Waals surface area contributed by atoms with Crippen LogP contribution >= 0.6 is 0 Å². The van der Waals surface area contributed by atoms with Crippen LogP contribution in [0.2, 0.25) is 0 Å². The third-order valence-electron chi connectivity index (χ3n) is 1.60. The molecule has 0 spiro atoms. The van der Waals surface area contributed by atoms with Crippen LogP contribution in [0.1, 0.15) is 6.92 Å². The molecular weight excluding hydrogens is 182 g/mol. The number of aliphatic imine (C=N–C) groups is 2. The molecule has 0 aliphatic rings. The first kappa shape index (κ1) is 13.1. The van der Waals surface area contributed by atoms with E-state index in [9.17, 15) is 0 Å². The molecule has 0 rings (SSSR count). The van der Waals surface area contributed by atoms with Gasteiger partial charge in [0.2, 0.25) is 0 Å². The SMILES string of the molecule is COCCN(C)/C=N/C=N\C(C)OC. The van der Waals surface area contributed by atoms with E-state index < -0.39 is 0 Å². The second kappa shape index (κ2) is 8.65. The molecule has 0 bridgehead atoms. The van der Waals surface area contributed by atoms with E-state index in [0.29, 0.717) is 6.61 Å². The molecule has 0 aromatic carbocycles. The summed E-state index contributed by atoms with van der Waals surface area (Å²) in [6.07, 6.45) is 3.04. The van der Waals surface area contributed by atoms with E-state index in [0.717, 1.165) is 6.54 Å². The van der Waals surface area contributed by atoms with Crippen molar-refractivity contribution in [3.8, 4) is 0 Å². The van der Waals surface area contributed by atoms with Crippen molar-refractivity contribution >= 4 is 12.7 Å². The monoisotopic (exact) mass is 201 g/mol. The van der Waals surface area contributed by atoms with Crippen LogP contribution in [0.15, 0.2) is 9.98 Å². The highest BCUT2D eigenvalue weighted by Crippen LogP contribution is 1.86. The average Bonchev–Trinajstić information content (AvgIpc) is 2.21. The Balaban J connectivity index is 3.64. The van der Waals surface area contributed by atoms with E-state index in [1.54, 1.807) is 20.6 Å². The Morgan fingerprint density at radius 1 is 1.43 bits per heavy atom. The van der Waals surface area contributed by atoms with Crippen LogP contribution in [0.4, 0.5) is 0 Å². The second-order valence-corrected chi connectivity index (χ2v) is 2.84. The van der Waals surface area contributed by atoms with Gasteiger partial charge in [-0.1, -0.05) is 0 Å². The van der Waals surface area contributed by atoms with Crippen LogP contribution in [0.3, 0.4) is 0 Å². The first-order valence-corrected chi connectivity index (χ1v) is 4.47. The van der Waals surface area contributed by atoms with E-state index >= 15 is 0 Å². The number of methoxy groups -OCH3 is 2. The molecular formula is C9H19N3O2. The summed E-state index contributed by atoms with van der Waals surface area (Å²) in [6, 6.07) is 0. The summed E-state index contributed by atoms with van der Waals surface area (Å²) in [5.74, 6) is 0. The fourth-order valence-electron chi connectivity index (χ4n) is 0.630. The van der Waals surface area contributed by atoms with Crippen LogP contribution in [0, 0.1) is 0 Å². The highest BCUT2D eigenvalue weighted by atomic mass is 16.5. The molecule has 0 aliphatic heterocycles. The van der Waals surface area contributed by atoms with E-state index in [2.05, 4.69) is 9.98 Å². The third kappa shape index (κ3) is 7.70. The lowest BCUT2D eigenvalue weighted by molar-refractivity contribution is 0.126. The summed E-state index contributed by atoms with van der Waals surface area (Å²) in [6.45, 7) is 3.35. The van der Waals surface area contributed by atoms with Crippen LogP contribution in [0.25, 0.3) is 0 Å². The van der Waals surface area contributed by atoms with Gasteiger partial charge in [0, 0.05) is 27.8 Å². The molecule has 0 fully saturated rings. The lowest BCUT2D eigenvalue weighted by atomic mass is 10.6. The number of rotatable bonds is 7. The van der Waals surface area contributed by atoms with Crippen molar-refractivity contribution in [2.75, 3.05) is 34.4 Å². The zero-order valence-corrected chi connectivity index (χ0v) is 9.30. The summed E-state index contributed by atoms with van der Waals surface area (Å²) in [7, 11) is 5.21. The fraction of sp³-hybridized carbons (Fsp3) is 0.778. The van der Waals surface area contributed by atoms with Crippen molar-refractivity contribution in [1.82, 2.24) is 4.90 Å². The fourth-order valence-corrected chi connectivity index (χ4v) is 0.630. The molecule has 0 saturated carbocycles. The van der Waals surface area contributed by atoms with Gasteiger partial charge in [-0.15, -0.1) is 0 Å². The third-order valence-corrected chi connectivity index (χ3v) is 1.60. The van der Waals surface area contributed by atoms with Crippen LogP contribution in [0.5, 0.6) is 0 Å². The molecule has 5 heteroatoms. The molecule has 82 valence electrons. The second-order valence-electron chi connectivity index (χ2n) is 2.84. The van der Waals surface area contributed by atoms with Crippen molar-refractivity contribution in [1.29, 1.82) is 0 Å². The summed E-state index contributed by atoms with van der Waals surface area (Å²) in [4.78, 5) is 9.90. The molecule has 1 atom stereocenters. The summed E-state index contributed by atoms with van der Waals surface area (Å²) < 4.78 is 9.83. The Morgan fingerprint density at radius 3 is 2.71 bits per heavy atom. The minimum Gasteiger partial charge on any atom is -0.383 e. The Bertz CT molecular complexity index is 183. The van der Waals surface area contributed by atoms with Gasteiger partial charge in [-0.2, -0.15) is 0 Å². The Labute approximate surface area is 85.4 Å². The Kier molecular flexibility index (Phi) is 8.07. The lowest BCUT2D eigenvalue weighted by Gasteiger charge is -2.10. The maximum atomic E-state index is 4.92. The minimum absolute atomic E-state index is 0.142. The Morgan fingerprint density at radius 2 is 2.14 bits per heavy atom. The standard InChI is InChI=1S/C9H19N3O2/c1-9(14-4)11-7-10-8-12(2)5-6-13-3/h7-9H,5-6H2,1-4H3/b10-8+,11-7-. The maximum Gasteiger partial charge on any atom is 0.146 e. The van der Waals surface area contributed by atoms with Gasteiger partial charge in [0.1, 0.15) is 12.6 Å². The van der Waals surface area contributed by atoms with Crippen molar-refractivity contribution in [2.45, 2.75) is 13.2 Å².